The molecule has 12 atom stereocenters. The highest BCUT2D eigenvalue weighted by molar-refractivity contribution is 7.86. The molecular weight excluding hydrogens is 512 g/mol. The molecule has 6 nitrogen and oxygen atoms in total. The van der Waals surface area contributed by atoms with Crippen LogP contribution in [0.5, 0.6) is 0 Å². The summed E-state index contributed by atoms with van der Waals surface area (Å²) in [6, 6.07) is 0. The molecular formula is C32H54O6S. The number of ether oxygens (including phenoxy) is 3. The van der Waals surface area contributed by atoms with E-state index in [1.165, 1.54) is 57.6 Å². The quantitative estimate of drug-likeness (QED) is 0.309. The third-order valence-electron chi connectivity index (χ3n) is 13.6. The summed E-state index contributed by atoms with van der Waals surface area (Å²) in [6.45, 7) is 13.9. The van der Waals surface area contributed by atoms with Gasteiger partial charge in [-0.1, -0.05) is 20.8 Å². The fourth-order valence-corrected chi connectivity index (χ4v) is 12.6. The molecule has 0 amide bonds. The van der Waals surface area contributed by atoms with Gasteiger partial charge < -0.3 is 14.2 Å². The van der Waals surface area contributed by atoms with Gasteiger partial charge in [0.2, 0.25) is 0 Å². The first-order valence-electron chi connectivity index (χ1n) is 15.8. The molecule has 0 aromatic rings. The second kappa shape index (κ2) is 9.14. The lowest BCUT2D eigenvalue weighted by Gasteiger charge is -2.61. The van der Waals surface area contributed by atoms with Crippen molar-refractivity contribution in [2.24, 2.45) is 51.8 Å². The Bertz CT molecular complexity index is 1070. The Kier molecular flexibility index (Phi) is 6.77. The molecule has 0 radical (unpaired) electrons. The van der Waals surface area contributed by atoms with Gasteiger partial charge in [0.05, 0.1) is 30.7 Å². The van der Waals surface area contributed by atoms with Crippen molar-refractivity contribution in [3.63, 3.8) is 0 Å². The van der Waals surface area contributed by atoms with Gasteiger partial charge in [-0.05, 0) is 131 Å². The Morgan fingerprint density at radius 1 is 1.00 bits per heavy atom. The first-order valence-corrected chi connectivity index (χ1v) is 17.6. The molecule has 1 heterocycles. The van der Waals surface area contributed by atoms with Gasteiger partial charge in [-0.3, -0.25) is 4.18 Å². The van der Waals surface area contributed by atoms with Gasteiger partial charge in [0.15, 0.2) is 5.79 Å². The highest BCUT2D eigenvalue weighted by Gasteiger charge is 2.77. The number of fused-ring (bicyclic) bond motifs is 4. The van der Waals surface area contributed by atoms with Crippen molar-refractivity contribution in [2.45, 2.75) is 129 Å². The molecule has 1 aliphatic heterocycles. The molecule has 5 aliphatic carbocycles. The van der Waals surface area contributed by atoms with Crippen molar-refractivity contribution in [3.05, 3.63) is 0 Å². The zero-order valence-electron chi connectivity index (χ0n) is 25.8. The molecule has 6 aliphatic rings. The van der Waals surface area contributed by atoms with Crippen LogP contribution < -0.4 is 0 Å². The van der Waals surface area contributed by atoms with E-state index in [0.717, 1.165) is 24.2 Å². The summed E-state index contributed by atoms with van der Waals surface area (Å²) in [6.07, 6.45) is 13.0. The fourth-order valence-electron chi connectivity index (χ4n) is 11.9. The lowest BCUT2D eigenvalue weighted by atomic mass is 9.45. The lowest BCUT2D eigenvalue weighted by molar-refractivity contribution is -0.163. The van der Waals surface area contributed by atoms with Crippen LogP contribution in [0.4, 0.5) is 0 Å². The number of hydrogen-bond donors (Lipinski definition) is 0. The van der Waals surface area contributed by atoms with Crippen molar-refractivity contribution in [3.8, 4) is 0 Å². The van der Waals surface area contributed by atoms with Crippen LogP contribution in [-0.2, 0) is 28.5 Å². The first-order chi connectivity index (χ1) is 18.1. The molecule has 224 valence electrons. The van der Waals surface area contributed by atoms with E-state index < -0.39 is 21.5 Å². The van der Waals surface area contributed by atoms with Crippen molar-refractivity contribution >= 4 is 10.1 Å². The molecule has 0 N–H and O–H groups in total. The number of methoxy groups -OCH3 is 1. The number of rotatable bonds is 8. The molecule has 0 bridgehead atoms. The Hall–Kier alpha value is -0.210. The van der Waals surface area contributed by atoms with Gasteiger partial charge in [0.25, 0.3) is 10.1 Å². The highest BCUT2D eigenvalue weighted by Crippen LogP contribution is 2.82. The van der Waals surface area contributed by atoms with Gasteiger partial charge in [-0.25, -0.2) is 0 Å². The molecule has 6 fully saturated rings. The van der Waals surface area contributed by atoms with Gasteiger partial charge in [0.1, 0.15) is 0 Å². The summed E-state index contributed by atoms with van der Waals surface area (Å²) in [5, 5.41) is 0. The third kappa shape index (κ3) is 4.41. The van der Waals surface area contributed by atoms with E-state index in [1.807, 2.05) is 21.0 Å². The minimum Gasteiger partial charge on any atom is -0.381 e. The molecule has 1 spiro atoms. The standard InChI is InChI=1S/C32H54O6S/c1-20(26(37-39(8,33)34)13-14-29(4)19-36-28(2,3)38-29)23-9-10-24-22-17-27(35-7)32-18-21(32)11-16-31(32,6)25(22)12-15-30(23,24)5/h20-27H,9-19H2,1-8H3/t20-,21-,22-,23+,24-,25-,26?,27+,29-,30+,31+,32-/m0/s1. The normalized spacial score (nSPS) is 51.5. The summed E-state index contributed by atoms with van der Waals surface area (Å²) >= 11 is 0. The molecule has 0 aromatic carbocycles. The smallest absolute Gasteiger partial charge is 0.264 e. The van der Waals surface area contributed by atoms with E-state index in [2.05, 4.69) is 27.7 Å². The maximum absolute atomic E-state index is 12.4. The van der Waals surface area contributed by atoms with Crippen molar-refractivity contribution in [1.82, 2.24) is 0 Å². The highest BCUT2D eigenvalue weighted by atomic mass is 32.2. The van der Waals surface area contributed by atoms with Crippen molar-refractivity contribution in [1.29, 1.82) is 0 Å². The molecule has 5 saturated carbocycles. The van der Waals surface area contributed by atoms with Crippen LogP contribution in [0.25, 0.3) is 0 Å². The Morgan fingerprint density at radius 3 is 2.36 bits per heavy atom. The van der Waals surface area contributed by atoms with E-state index in [4.69, 9.17) is 18.4 Å². The van der Waals surface area contributed by atoms with E-state index in [9.17, 15) is 8.42 Å². The van der Waals surface area contributed by atoms with Gasteiger partial charge in [-0.15, -0.1) is 0 Å². The predicted octanol–water partition coefficient (Wildman–Crippen LogP) is 6.57. The molecule has 1 saturated heterocycles. The fraction of sp³-hybridized carbons (Fsp3) is 1.00. The Labute approximate surface area is 237 Å². The van der Waals surface area contributed by atoms with Crippen LogP contribution >= 0.6 is 0 Å². The predicted molar refractivity (Wildman–Crippen MR) is 151 cm³/mol. The Morgan fingerprint density at radius 2 is 1.74 bits per heavy atom. The summed E-state index contributed by atoms with van der Waals surface area (Å²) in [5.74, 6) is 3.14. The summed E-state index contributed by atoms with van der Waals surface area (Å²) in [4.78, 5) is 0. The second-order valence-electron chi connectivity index (χ2n) is 15.9. The van der Waals surface area contributed by atoms with E-state index >= 15 is 0 Å². The van der Waals surface area contributed by atoms with Crippen molar-refractivity contribution < 1.29 is 26.8 Å². The SMILES string of the molecule is CO[C@@H]1C[C@H]2[C@@H]3CC[C@H]([C@H](C)C(CC[C@@]4(C)COC(C)(C)O4)OS(C)(=O)=O)[C@@]3(C)CC[C@@H]2[C@@]2(C)CC[C@H]3C[C@]312. The van der Waals surface area contributed by atoms with E-state index in [0.29, 0.717) is 41.8 Å². The monoisotopic (exact) mass is 566 g/mol. The zero-order chi connectivity index (χ0) is 28.2. The summed E-state index contributed by atoms with van der Waals surface area (Å²) in [5.41, 5.74) is 0.681. The summed E-state index contributed by atoms with van der Waals surface area (Å²) in [7, 11) is -1.61. The average Bonchev–Trinajstić information content (AvgIpc) is 3.20. The van der Waals surface area contributed by atoms with Gasteiger partial charge in [0, 0.05) is 12.5 Å². The average molecular weight is 567 g/mol. The second-order valence-corrected chi connectivity index (χ2v) is 17.5. The largest absolute Gasteiger partial charge is 0.381 e. The molecule has 7 heteroatoms. The minimum absolute atomic E-state index is 0.160. The van der Waals surface area contributed by atoms with Crippen LogP contribution in [0, 0.1) is 51.8 Å². The maximum atomic E-state index is 12.4. The molecule has 0 aromatic heterocycles. The summed E-state index contributed by atoms with van der Waals surface area (Å²) < 4.78 is 49.2. The van der Waals surface area contributed by atoms with Gasteiger partial charge in [-0.2, -0.15) is 8.42 Å². The van der Waals surface area contributed by atoms with E-state index in [1.54, 1.807) is 0 Å². The van der Waals surface area contributed by atoms with Crippen LogP contribution in [0.1, 0.15) is 106 Å². The minimum atomic E-state index is -3.57. The first kappa shape index (κ1) is 28.9. The molecule has 1 unspecified atom stereocenters. The molecule has 39 heavy (non-hydrogen) atoms. The van der Waals surface area contributed by atoms with Gasteiger partial charge >= 0.3 is 0 Å². The lowest BCUT2D eigenvalue weighted by Crippen LogP contribution is -2.57. The Balaban J connectivity index is 1.22. The third-order valence-corrected chi connectivity index (χ3v) is 14.2. The van der Waals surface area contributed by atoms with Crippen LogP contribution in [-0.4, -0.2) is 52.0 Å². The maximum Gasteiger partial charge on any atom is 0.264 e. The van der Waals surface area contributed by atoms with E-state index in [-0.39, 0.29) is 17.4 Å². The molecule has 6 rings (SSSR count). The zero-order valence-corrected chi connectivity index (χ0v) is 26.6. The number of hydrogen-bond acceptors (Lipinski definition) is 6. The van der Waals surface area contributed by atoms with Crippen LogP contribution in [0.15, 0.2) is 0 Å². The van der Waals surface area contributed by atoms with Crippen LogP contribution in [0.2, 0.25) is 0 Å². The van der Waals surface area contributed by atoms with Crippen molar-refractivity contribution in [2.75, 3.05) is 20.0 Å². The van der Waals surface area contributed by atoms with Crippen LogP contribution in [0.3, 0.4) is 0 Å². The topological polar surface area (TPSA) is 71.1 Å².